The van der Waals surface area contributed by atoms with E-state index in [1.165, 1.54) is 16.9 Å². The van der Waals surface area contributed by atoms with E-state index in [1.807, 2.05) is 20.8 Å². The number of thioether (sulfide) groups is 2. The third kappa shape index (κ3) is 9.19. The van der Waals surface area contributed by atoms with Gasteiger partial charge in [0.1, 0.15) is 17.9 Å². The van der Waals surface area contributed by atoms with Gasteiger partial charge in [-0.05, 0) is 44.7 Å². The van der Waals surface area contributed by atoms with Crippen LogP contribution in [0.25, 0.3) is 0 Å². The molecule has 246 valence electrons. The van der Waals surface area contributed by atoms with Gasteiger partial charge in [0.15, 0.2) is 5.75 Å². The summed E-state index contributed by atoms with van der Waals surface area (Å²) in [4.78, 5) is 65.1. The van der Waals surface area contributed by atoms with Crippen LogP contribution < -0.4 is 20.1 Å². The van der Waals surface area contributed by atoms with Crippen LogP contribution in [0.4, 0.5) is 9.59 Å². The van der Waals surface area contributed by atoms with Gasteiger partial charge in [-0.25, -0.2) is 24.4 Å². The molecule has 14 heteroatoms. The highest BCUT2D eigenvalue weighted by atomic mass is 32.2. The topological polar surface area (TPSA) is 144 Å². The zero-order valence-corrected chi connectivity index (χ0v) is 28.2. The van der Waals surface area contributed by atoms with Gasteiger partial charge in [-0.2, -0.15) is 0 Å². The van der Waals surface area contributed by atoms with Crippen molar-refractivity contribution in [2.75, 3.05) is 32.8 Å². The molecule has 2 aliphatic rings. The number of nitrogens with one attached hydrogen (secondary N) is 2. The molecular formula is C31H42N4O8S2. The highest BCUT2D eigenvalue weighted by Gasteiger charge is 2.45. The Morgan fingerprint density at radius 3 is 1.98 bits per heavy atom. The molecule has 0 unspecified atom stereocenters. The summed E-state index contributed by atoms with van der Waals surface area (Å²) in [6, 6.07) is 1.58. The monoisotopic (exact) mass is 662 g/mol. The van der Waals surface area contributed by atoms with Crippen molar-refractivity contribution in [1.29, 1.82) is 0 Å². The summed E-state index contributed by atoms with van der Waals surface area (Å²) >= 11 is 2.26. The fourth-order valence-electron chi connectivity index (χ4n) is 4.28. The van der Waals surface area contributed by atoms with Crippen LogP contribution in [0, 0.1) is 6.92 Å². The predicted molar refractivity (Wildman–Crippen MR) is 172 cm³/mol. The molecule has 2 heterocycles. The number of hydrogen-bond acceptors (Lipinski definition) is 10. The minimum absolute atomic E-state index is 0.000393. The van der Waals surface area contributed by atoms with E-state index in [4.69, 9.17) is 14.2 Å². The molecule has 0 saturated carbocycles. The Morgan fingerprint density at radius 1 is 0.844 bits per heavy atom. The summed E-state index contributed by atoms with van der Waals surface area (Å²) in [5, 5.41) is 8.29. The van der Waals surface area contributed by atoms with Crippen molar-refractivity contribution in [3.8, 4) is 11.5 Å². The lowest BCUT2D eigenvalue weighted by Gasteiger charge is -2.27. The smallest absolute Gasteiger partial charge is 0.412 e. The Hall–Kier alpha value is -3.65. The number of unbranched alkanes of at least 4 members (excludes halogenated alkanes) is 3. The van der Waals surface area contributed by atoms with Gasteiger partial charge in [-0.15, -0.1) is 0 Å². The number of hydrazine groups is 1. The summed E-state index contributed by atoms with van der Waals surface area (Å²) in [6.07, 6.45) is 3.46. The van der Waals surface area contributed by atoms with Gasteiger partial charge in [0.2, 0.25) is 0 Å². The third-order valence-corrected chi connectivity index (χ3v) is 9.33. The van der Waals surface area contributed by atoms with Gasteiger partial charge < -0.3 is 24.8 Å². The molecule has 0 spiro atoms. The summed E-state index contributed by atoms with van der Waals surface area (Å²) in [7, 11) is 0. The highest BCUT2D eigenvalue weighted by molar-refractivity contribution is 8.25. The second-order valence-electron chi connectivity index (χ2n) is 10.5. The van der Waals surface area contributed by atoms with Crippen LogP contribution in [-0.4, -0.2) is 72.8 Å². The molecule has 0 aliphatic carbocycles. The van der Waals surface area contributed by atoms with E-state index in [9.17, 15) is 24.0 Å². The molecule has 1 fully saturated rings. The van der Waals surface area contributed by atoms with Crippen molar-refractivity contribution in [3.63, 3.8) is 0 Å². The number of carbonyl (C=O) groups excluding carboxylic acids is 5. The van der Waals surface area contributed by atoms with Crippen LogP contribution in [0.15, 0.2) is 37.8 Å². The van der Waals surface area contributed by atoms with Crippen molar-refractivity contribution >= 4 is 53.5 Å². The Balaban J connectivity index is 1.93. The largest absolute Gasteiger partial charge is 0.460 e. The maximum absolute atomic E-state index is 13.7. The van der Waals surface area contributed by atoms with Crippen molar-refractivity contribution in [1.82, 2.24) is 20.7 Å². The first-order valence-electron chi connectivity index (χ1n) is 15.2. The molecule has 0 atom stereocenters. The van der Waals surface area contributed by atoms with Crippen LogP contribution in [-0.2, 0) is 19.1 Å². The normalized spacial score (nSPS) is 14.1. The molecule has 0 bridgehead atoms. The van der Waals surface area contributed by atoms with E-state index in [0.717, 1.165) is 62.0 Å². The molecule has 12 nitrogen and oxygen atoms in total. The summed E-state index contributed by atoms with van der Waals surface area (Å²) in [5.41, 5.74) is 0.774. The SMILES string of the molecule is C=C(C)C(=O)OCCNC(=O)Oc1c(C)cc(OC(=O)NCCCC)c2c1SC(=C1C(=O)N(CCCC)N(CCCC)C1=O)S2. The van der Waals surface area contributed by atoms with E-state index in [0.29, 0.717) is 39.2 Å². The Bertz CT molecular complexity index is 1340. The van der Waals surface area contributed by atoms with E-state index >= 15 is 0 Å². The second-order valence-corrected chi connectivity index (χ2v) is 12.8. The van der Waals surface area contributed by atoms with Crippen LogP contribution in [0.2, 0.25) is 0 Å². The number of esters is 1. The Kier molecular flexibility index (Phi) is 13.7. The fourth-order valence-corrected chi connectivity index (χ4v) is 6.99. The quantitative estimate of drug-likeness (QED) is 0.104. The predicted octanol–water partition coefficient (Wildman–Crippen LogP) is 5.69. The summed E-state index contributed by atoms with van der Waals surface area (Å²) in [6.45, 7) is 14.0. The van der Waals surface area contributed by atoms with Crippen LogP contribution >= 0.6 is 23.5 Å². The lowest BCUT2D eigenvalue weighted by molar-refractivity contribution is -0.147. The number of hydrogen-bond donors (Lipinski definition) is 2. The van der Waals surface area contributed by atoms with Gasteiger partial charge in [-0.3, -0.25) is 9.59 Å². The van der Waals surface area contributed by atoms with Crippen molar-refractivity contribution < 1.29 is 38.2 Å². The zero-order valence-electron chi connectivity index (χ0n) is 26.5. The second kappa shape index (κ2) is 17.2. The Morgan fingerprint density at radius 2 is 1.40 bits per heavy atom. The van der Waals surface area contributed by atoms with Crippen molar-refractivity contribution in [3.05, 3.63) is 33.6 Å². The van der Waals surface area contributed by atoms with Crippen LogP contribution in [0.3, 0.4) is 0 Å². The molecule has 1 aromatic rings. The first kappa shape index (κ1) is 35.8. The van der Waals surface area contributed by atoms with Gasteiger partial charge in [0, 0.05) is 25.2 Å². The molecule has 0 radical (unpaired) electrons. The number of rotatable bonds is 15. The molecule has 2 N–H and O–H groups in total. The molecule has 4 amide bonds. The molecule has 3 rings (SSSR count). The summed E-state index contributed by atoms with van der Waals surface area (Å²) in [5.74, 6) is -0.925. The average Bonchev–Trinajstić information content (AvgIpc) is 3.53. The highest BCUT2D eigenvalue weighted by Crippen LogP contribution is 2.60. The number of fused-ring (bicyclic) bond motifs is 1. The van der Waals surface area contributed by atoms with Gasteiger partial charge in [0.05, 0.1) is 20.6 Å². The Labute approximate surface area is 272 Å². The lowest BCUT2D eigenvalue weighted by Crippen LogP contribution is -2.42. The lowest BCUT2D eigenvalue weighted by atomic mass is 10.2. The van der Waals surface area contributed by atoms with E-state index in [2.05, 4.69) is 17.2 Å². The molecule has 1 aromatic carbocycles. The van der Waals surface area contributed by atoms with E-state index in [-0.39, 0.29) is 47.6 Å². The molecule has 45 heavy (non-hydrogen) atoms. The van der Waals surface area contributed by atoms with Gasteiger partial charge >= 0.3 is 18.2 Å². The number of benzene rings is 1. The van der Waals surface area contributed by atoms with E-state index < -0.39 is 18.2 Å². The number of carbonyl (C=O) groups is 5. The minimum atomic E-state index is -0.797. The van der Waals surface area contributed by atoms with Crippen LogP contribution in [0.5, 0.6) is 11.5 Å². The maximum atomic E-state index is 13.7. The molecular weight excluding hydrogens is 620 g/mol. The van der Waals surface area contributed by atoms with Crippen molar-refractivity contribution in [2.45, 2.75) is 82.9 Å². The standard InChI is InChI=1S/C31H42N4O8S2/c1-7-10-13-32-30(39)42-21-18-20(6)23(43-31(40)33-14-17-41-28(38)19(4)5)25-24(21)44-29(45-25)22-26(36)34(15-11-8-2)35(27(22)37)16-12-9-3/h18H,4,7-17H2,1-3,5-6H3,(H,32,39)(H,33,40). The first-order chi connectivity index (χ1) is 21.5. The third-order valence-electron chi connectivity index (χ3n) is 6.72. The maximum Gasteiger partial charge on any atom is 0.412 e. The average molecular weight is 663 g/mol. The molecule has 0 aromatic heterocycles. The number of amides is 4. The zero-order chi connectivity index (χ0) is 33.1. The number of nitrogens with zero attached hydrogens (tertiary/aromatic N) is 2. The first-order valence-corrected chi connectivity index (χ1v) is 16.8. The minimum Gasteiger partial charge on any atom is -0.460 e. The summed E-state index contributed by atoms with van der Waals surface area (Å²) < 4.78 is 16.8. The van der Waals surface area contributed by atoms with Crippen LogP contribution in [0.1, 0.15) is 71.8 Å². The van der Waals surface area contributed by atoms with Gasteiger partial charge in [-0.1, -0.05) is 70.1 Å². The van der Waals surface area contributed by atoms with Crippen molar-refractivity contribution in [2.24, 2.45) is 0 Å². The fraction of sp³-hybridized carbons (Fsp3) is 0.516. The molecule has 2 aliphatic heterocycles. The van der Waals surface area contributed by atoms with Gasteiger partial charge in [0.25, 0.3) is 11.8 Å². The number of aryl methyl sites for hydroxylation is 1. The number of ether oxygens (including phenoxy) is 3. The van der Waals surface area contributed by atoms with E-state index in [1.54, 1.807) is 13.0 Å². The molecule has 1 saturated heterocycles.